The summed E-state index contributed by atoms with van der Waals surface area (Å²) in [7, 11) is 0. The molecule has 1 unspecified atom stereocenters. The topological polar surface area (TPSA) is 73.9 Å². The van der Waals surface area contributed by atoms with E-state index in [0.717, 1.165) is 0 Å². The van der Waals surface area contributed by atoms with Crippen LogP contribution in [0.4, 0.5) is 0 Å². The third-order valence-corrected chi connectivity index (χ3v) is 2.23. The zero-order valence-electron chi connectivity index (χ0n) is 11.3. The number of nitrogens with one attached hydrogen (secondary N) is 1. The van der Waals surface area contributed by atoms with Crippen molar-refractivity contribution < 1.29 is 23.8 Å². The van der Waals surface area contributed by atoms with Crippen molar-refractivity contribution in [1.82, 2.24) is 5.32 Å². The third kappa shape index (κ3) is 5.01. The summed E-state index contributed by atoms with van der Waals surface area (Å²) in [6.45, 7) is 8.00. The fourth-order valence-electron chi connectivity index (χ4n) is 1.39. The molecular weight excluding hydrogens is 238 g/mol. The second-order valence-corrected chi connectivity index (χ2v) is 5.20. The van der Waals surface area contributed by atoms with Gasteiger partial charge in [-0.1, -0.05) is 0 Å². The molecule has 0 saturated carbocycles. The van der Waals surface area contributed by atoms with Gasteiger partial charge >= 0.3 is 5.97 Å². The van der Waals surface area contributed by atoms with E-state index < -0.39 is 23.7 Å². The van der Waals surface area contributed by atoms with Crippen molar-refractivity contribution in [2.24, 2.45) is 0 Å². The molecule has 1 saturated heterocycles. The van der Waals surface area contributed by atoms with Crippen LogP contribution in [0.5, 0.6) is 0 Å². The monoisotopic (exact) mass is 259 g/mol. The van der Waals surface area contributed by atoms with Gasteiger partial charge < -0.3 is 19.5 Å². The molecule has 0 aromatic heterocycles. The molecule has 1 fully saturated rings. The maximum absolute atomic E-state index is 11.8. The molecule has 0 aliphatic carbocycles. The van der Waals surface area contributed by atoms with Crippen molar-refractivity contribution in [3.8, 4) is 0 Å². The van der Waals surface area contributed by atoms with Crippen molar-refractivity contribution in [2.75, 3.05) is 19.8 Å². The number of rotatable bonds is 3. The molecule has 6 heteroatoms. The maximum Gasteiger partial charge on any atom is 0.328 e. The van der Waals surface area contributed by atoms with Crippen LogP contribution in [-0.4, -0.2) is 49.4 Å². The SMILES string of the molecule is C[C@H](NC(=O)C1COCCO1)C(=O)OC(C)(C)C. The first-order chi connectivity index (χ1) is 8.29. The van der Waals surface area contributed by atoms with Crippen LogP contribution in [0, 0.1) is 0 Å². The minimum Gasteiger partial charge on any atom is -0.458 e. The Morgan fingerprint density at radius 1 is 1.33 bits per heavy atom. The normalized spacial score (nSPS) is 22.1. The summed E-state index contributed by atoms with van der Waals surface area (Å²) in [5.41, 5.74) is -0.569. The number of hydrogen-bond acceptors (Lipinski definition) is 5. The minimum absolute atomic E-state index is 0.215. The van der Waals surface area contributed by atoms with Gasteiger partial charge in [0.1, 0.15) is 11.6 Å². The van der Waals surface area contributed by atoms with Gasteiger partial charge in [0.25, 0.3) is 5.91 Å². The summed E-state index contributed by atoms with van der Waals surface area (Å²) < 4.78 is 15.5. The van der Waals surface area contributed by atoms with Crippen molar-refractivity contribution in [1.29, 1.82) is 0 Å². The number of carbonyl (C=O) groups excluding carboxylic acids is 2. The molecule has 1 aliphatic heterocycles. The van der Waals surface area contributed by atoms with Gasteiger partial charge in [-0.25, -0.2) is 4.79 Å². The van der Waals surface area contributed by atoms with Crippen LogP contribution in [-0.2, 0) is 23.8 Å². The highest BCUT2D eigenvalue weighted by atomic mass is 16.6. The van der Waals surface area contributed by atoms with Crippen LogP contribution in [0.2, 0.25) is 0 Å². The highest BCUT2D eigenvalue weighted by molar-refractivity contribution is 5.87. The Balaban J connectivity index is 2.41. The minimum atomic E-state index is -0.706. The second kappa shape index (κ2) is 6.15. The highest BCUT2D eigenvalue weighted by Gasteiger charge is 2.28. The molecule has 1 aliphatic rings. The predicted octanol–water partition coefficient (Wildman–Crippen LogP) is 0.248. The third-order valence-electron chi connectivity index (χ3n) is 2.23. The fourth-order valence-corrected chi connectivity index (χ4v) is 1.39. The van der Waals surface area contributed by atoms with E-state index in [2.05, 4.69) is 5.32 Å². The van der Waals surface area contributed by atoms with E-state index in [1.165, 1.54) is 0 Å². The number of ether oxygens (including phenoxy) is 3. The summed E-state index contributed by atoms with van der Waals surface area (Å²) in [5.74, 6) is -0.819. The molecule has 1 heterocycles. The first-order valence-electron chi connectivity index (χ1n) is 6.02. The highest BCUT2D eigenvalue weighted by Crippen LogP contribution is 2.08. The predicted molar refractivity (Wildman–Crippen MR) is 64.0 cm³/mol. The van der Waals surface area contributed by atoms with Crippen molar-refractivity contribution >= 4 is 11.9 Å². The van der Waals surface area contributed by atoms with Crippen LogP contribution in [0.3, 0.4) is 0 Å². The van der Waals surface area contributed by atoms with E-state index in [-0.39, 0.29) is 12.5 Å². The second-order valence-electron chi connectivity index (χ2n) is 5.20. The summed E-state index contributed by atoms with van der Waals surface area (Å²) in [6.07, 6.45) is -0.649. The van der Waals surface area contributed by atoms with Crippen molar-refractivity contribution in [2.45, 2.75) is 45.4 Å². The average Bonchev–Trinajstić information content (AvgIpc) is 2.27. The molecular formula is C12H21NO5. The van der Waals surface area contributed by atoms with Crippen LogP contribution in [0.25, 0.3) is 0 Å². The fraction of sp³-hybridized carbons (Fsp3) is 0.833. The summed E-state index contributed by atoms with van der Waals surface area (Å²) in [4.78, 5) is 23.4. The Labute approximate surface area is 107 Å². The van der Waals surface area contributed by atoms with Crippen LogP contribution >= 0.6 is 0 Å². The lowest BCUT2D eigenvalue weighted by molar-refractivity contribution is -0.161. The van der Waals surface area contributed by atoms with Gasteiger partial charge in [-0.3, -0.25) is 4.79 Å². The molecule has 1 amide bonds. The lowest BCUT2D eigenvalue weighted by Crippen LogP contribution is -2.49. The standard InChI is InChI=1S/C12H21NO5/c1-8(11(15)18-12(2,3)4)13-10(14)9-7-16-5-6-17-9/h8-9H,5-7H2,1-4H3,(H,13,14)/t8-,9?/m0/s1. The van der Waals surface area contributed by atoms with Gasteiger partial charge in [-0.2, -0.15) is 0 Å². The molecule has 0 aromatic rings. The van der Waals surface area contributed by atoms with Crippen LogP contribution < -0.4 is 5.32 Å². The molecule has 1 rings (SSSR count). The van der Waals surface area contributed by atoms with Gasteiger partial charge in [0, 0.05) is 0 Å². The van der Waals surface area contributed by atoms with Crippen LogP contribution in [0.1, 0.15) is 27.7 Å². The molecule has 0 bridgehead atoms. The van der Waals surface area contributed by atoms with Crippen molar-refractivity contribution in [3.05, 3.63) is 0 Å². The van der Waals surface area contributed by atoms with Gasteiger partial charge in [0.15, 0.2) is 6.10 Å². The maximum atomic E-state index is 11.8. The van der Waals surface area contributed by atoms with Crippen LogP contribution in [0.15, 0.2) is 0 Å². The van der Waals surface area contributed by atoms with Gasteiger partial charge in [0.2, 0.25) is 0 Å². The average molecular weight is 259 g/mol. The van der Waals surface area contributed by atoms with E-state index in [4.69, 9.17) is 14.2 Å². The summed E-state index contributed by atoms with van der Waals surface area (Å²) in [6, 6.07) is -0.706. The first-order valence-corrected chi connectivity index (χ1v) is 6.02. The Hall–Kier alpha value is -1.14. The quantitative estimate of drug-likeness (QED) is 0.735. The largest absolute Gasteiger partial charge is 0.458 e. The number of esters is 1. The summed E-state index contributed by atoms with van der Waals surface area (Å²) >= 11 is 0. The van der Waals surface area contributed by atoms with E-state index in [1.807, 2.05) is 0 Å². The van der Waals surface area contributed by atoms with Gasteiger partial charge in [0.05, 0.1) is 19.8 Å². The number of hydrogen-bond donors (Lipinski definition) is 1. The Morgan fingerprint density at radius 3 is 2.50 bits per heavy atom. The van der Waals surface area contributed by atoms with Crippen molar-refractivity contribution in [3.63, 3.8) is 0 Å². The lowest BCUT2D eigenvalue weighted by atomic mass is 10.2. The first kappa shape index (κ1) is 14.9. The Kier molecular flexibility index (Phi) is 5.10. The lowest BCUT2D eigenvalue weighted by Gasteiger charge is -2.25. The Morgan fingerprint density at radius 2 is 2.00 bits per heavy atom. The van der Waals surface area contributed by atoms with Gasteiger partial charge in [-0.15, -0.1) is 0 Å². The summed E-state index contributed by atoms with van der Waals surface area (Å²) in [5, 5.41) is 2.55. The van der Waals surface area contributed by atoms with E-state index in [9.17, 15) is 9.59 Å². The molecule has 18 heavy (non-hydrogen) atoms. The van der Waals surface area contributed by atoms with E-state index in [1.54, 1.807) is 27.7 Å². The zero-order valence-corrected chi connectivity index (χ0v) is 11.3. The molecule has 0 radical (unpaired) electrons. The van der Waals surface area contributed by atoms with E-state index in [0.29, 0.717) is 13.2 Å². The number of amides is 1. The molecule has 104 valence electrons. The Bertz CT molecular complexity index is 304. The molecule has 0 spiro atoms. The molecule has 2 atom stereocenters. The smallest absolute Gasteiger partial charge is 0.328 e. The molecule has 6 nitrogen and oxygen atoms in total. The zero-order chi connectivity index (χ0) is 13.8. The van der Waals surface area contributed by atoms with E-state index >= 15 is 0 Å². The van der Waals surface area contributed by atoms with Gasteiger partial charge in [-0.05, 0) is 27.7 Å². The molecule has 1 N–H and O–H groups in total. The number of carbonyl (C=O) groups is 2. The molecule has 0 aromatic carbocycles.